The first-order chi connectivity index (χ1) is 7.48. The molecule has 0 aromatic heterocycles. The number of likely N-dealkylation sites (tertiary alicyclic amines) is 1. The Morgan fingerprint density at radius 2 is 1.88 bits per heavy atom. The average molecular weight is 227 g/mol. The van der Waals surface area contributed by atoms with E-state index in [2.05, 4.69) is 37.6 Å². The predicted molar refractivity (Wildman–Crippen MR) is 70.6 cm³/mol. The van der Waals surface area contributed by atoms with Gasteiger partial charge in [0.15, 0.2) is 0 Å². The van der Waals surface area contributed by atoms with Gasteiger partial charge in [0.25, 0.3) is 0 Å². The molecule has 1 saturated heterocycles. The second-order valence-corrected chi connectivity index (χ2v) is 5.97. The maximum absolute atomic E-state index is 5.83. The van der Waals surface area contributed by atoms with Crippen molar-refractivity contribution < 1.29 is 0 Å². The third kappa shape index (κ3) is 4.04. The van der Waals surface area contributed by atoms with Crippen molar-refractivity contribution in [2.24, 2.45) is 11.1 Å². The molecule has 1 rings (SSSR count). The molecule has 1 aliphatic heterocycles. The Bertz CT molecular complexity index is 195. The molecule has 2 N–H and O–H groups in total. The fraction of sp³-hybridized carbons (Fsp3) is 1.00. The van der Waals surface area contributed by atoms with Gasteiger partial charge in [-0.1, -0.05) is 20.8 Å². The lowest BCUT2D eigenvalue weighted by molar-refractivity contribution is 0.0906. The van der Waals surface area contributed by atoms with E-state index in [0.29, 0.717) is 0 Å². The third-order valence-corrected chi connectivity index (χ3v) is 3.79. The van der Waals surface area contributed by atoms with Crippen LogP contribution in [0.25, 0.3) is 0 Å². The van der Waals surface area contributed by atoms with Crippen molar-refractivity contribution in [3.05, 3.63) is 0 Å². The number of nitrogens with two attached hydrogens (primary N) is 1. The van der Waals surface area contributed by atoms with Crippen molar-refractivity contribution in [3.8, 4) is 0 Å². The minimum Gasteiger partial charge on any atom is -0.330 e. The molecule has 16 heavy (non-hydrogen) atoms. The van der Waals surface area contributed by atoms with Crippen molar-refractivity contribution in [1.82, 2.24) is 9.80 Å². The smallest absolute Gasteiger partial charge is 0.0120 e. The van der Waals surface area contributed by atoms with Crippen LogP contribution in [-0.2, 0) is 0 Å². The lowest BCUT2D eigenvalue weighted by Gasteiger charge is -2.40. The highest BCUT2D eigenvalue weighted by atomic mass is 15.2. The lowest BCUT2D eigenvalue weighted by Crippen LogP contribution is -2.48. The Balaban J connectivity index is 2.47. The number of nitrogens with zero attached hydrogens (tertiary/aromatic N) is 2. The van der Waals surface area contributed by atoms with Crippen LogP contribution in [0.2, 0.25) is 0 Å². The van der Waals surface area contributed by atoms with Crippen LogP contribution in [0.1, 0.15) is 33.6 Å². The third-order valence-electron chi connectivity index (χ3n) is 3.79. The van der Waals surface area contributed by atoms with E-state index >= 15 is 0 Å². The topological polar surface area (TPSA) is 32.5 Å². The highest BCUT2D eigenvalue weighted by Gasteiger charge is 2.26. The molecule has 0 aromatic rings. The van der Waals surface area contributed by atoms with Crippen molar-refractivity contribution in [3.63, 3.8) is 0 Å². The molecule has 96 valence electrons. The molecule has 0 radical (unpaired) electrons. The molecule has 0 aromatic carbocycles. The van der Waals surface area contributed by atoms with Gasteiger partial charge in [0.05, 0.1) is 0 Å². The monoisotopic (exact) mass is 227 g/mol. The molecule has 0 bridgehead atoms. The SMILES string of the molecule is CCN(CC(C)(C)CN)C1CCN(C)CC1. The maximum atomic E-state index is 5.83. The summed E-state index contributed by atoms with van der Waals surface area (Å²) in [6.07, 6.45) is 2.62. The largest absolute Gasteiger partial charge is 0.330 e. The Hall–Kier alpha value is -0.120. The van der Waals surface area contributed by atoms with Crippen LogP contribution in [-0.4, -0.2) is 55.6 Å². The molecule has 1 fully saturated rings. The summed E-state index contributed by atoms with van der Waals surface area (Å²) in [4.78, 5) is 5.05. The molecule has 1 heterocycles. The standard InChI is InChI=1S/C13H29N3/c1-5-16(11-13(2,3)10-14)12-6-8-15(4)9-7-12/h12H,5-11,14H2,1-4H3. The van der Waals surface area contributed by atoms with E-state index in [-0.39, 0.29) is 5.41 Å². The fourth-order valence-corrected chi connectivity index (χ4v) is 2.47. The highest BCUT2D eigenvalue weighted by Crippen LogP contribution is 2.21. The van der Waals surface area contributed by atoms with Crippen LogP contribution in [0, 0.1) is 5.41 Å². The Kier molecular flexibility index (Phi) is 5.22. The summed E-state index contributed by atoms with van der Waals surface area (Å²) >= 11 is 0. The van der Waals surface area contributed by atoms with E-state index in [0.717, 1.165) is 25.7 Å². The first-order valence-electron chi connectivity index (χ1n) is 6.61. The molecule has 0 amide bonds. The second-order valence-electron chi connectivity index (χ2n) is 5.97. The van der Waals surface area contributed by atoms with Gasteiger partial charge in [-0.25, -0.2) is 0 Å². The summed E-state index contributed by atoms with van der Waals surface area (Å²) < 4.78 is 0. The van der Waals surface area contributed by atoms with Gasteiger partial charge in [-0.15, -0.1) is 0 Å². The molecule has 0 spiro atoms. The zero-order valence-corrected chi connectivity index (χ0v) is 11.5. The van der Waals surface area contributed by atoms with Gasteiger partial charge in [-0.2, -0.15) is 0 Å². The van der Waals surface area contributed by atoms with Crippen molar-refractivity contribution in [1.29, 1.82) is 0 Å². The van der Waals surface area contributed by atoms with Gasteiger partial charge in [0, 0.05) is 12.6 Å². The van der Waals surface area contributed by atoms with Gasteiger partial charge in [-0.05, 0) is 51.5 Å². The zero-order valence-electron chi connectivity index (χ0n) is 11.5. The number of hydrogen-bond acceptors (Lipinski definition) is 3. The molecule has 0 unspecified atom stereocenters. The average Bonchev–Trinajstić information content (AvgIpc) is 2.27. The molecule has 3 nitrogen and oxygen atoms in total. The van der Waals surface area contributed by atoms with Crippen LogP contribution >= 0.6 is 0 Å². The van der Waals surface area contributed by atoms with Crippen LogP contribution < -0.4 is 5.73 Å². The summed E-state index contributed by atoms with van der Waals surface area (Å²) in [6, 6.07) is 0.770. The summed E-state index contributed by atoms with van der Waals surface area (Å²) in [5, 5.41) is 0. The summed E-state index contributed by atoms with van der Waals surface area (Å²) in [5.41, 5.74) is 6.08. The van der Waals surface area contributed by atoms with E-state index in [1.165, 1.54) is 25.9 Å². The predicted octanol–water partition coefficient (Wildman–Crippen LogP) is 1.39. The minimum absolute atomic E-state index is 0.249. The Morgan fingerprint density at radius 3 is 2.31 bits per heavy atom. The number of hydrogen-bond donors (Lipinski definition) is 1. The fourth-order valence-electron chi connectivity index (χ4n) is 2.47. The quantitative estimate of drug-likeness (QED) is 0.770. The molecular formula is C13H29N3. The second kappa shape index (κ2) is 5.99. The van der Waals surface area contributed by atoms with E-state index in [9.17, 15) is 0 Å². The van der Waals surface area contributed by atoms with Crippen LogP contribution in [0.5, 0.6) is 0 Å². The van der Waals surface area contributed by atoms with E-state index in [1.54, 1.807) is 0 Å². The molecule has 3 heteroatoms. The summed E-state index contributed by atoms with van der Waals surface area (Å²) in [5.74, 6) is 0. The Morgan fingerprint density at radius 1 is 1.31 bits per heavy atom. The zero-order chi connectivity index (χ0) is 12.2. The van der Waals surface area contributed by atoms with Gasteiger partial charge in [-0.3, -0.25) is 4.90 Å². The van der Waals surface area contributed by atoms with Crippen molar-refractivity contribution in [2.45, 2.75) is 39.7 Å². The molecule has 0 aliphatic carbocycles. The first kappa shape index (κ1) is 13.9. The van der Waals surface area contributed by atoms with E-state index in [4.69, 9.17) is 5.73 Å². The van der Waals surface area contributed by atoms with Gasteiger partial charge < -0.3 is 10.6 Å². The highest BCUT2D eigenvalue weighted by molar-refractivity contribution is 4.82. The van der Waals surface area contributed by atoms with Crippen LogP contribution in [0.15, 0.2) is 0 Å². The van der Waals surface area contributed by atoms with Crippen LogP contribution in [0.3, 0.4) is 0 Å². The van der Waals surface area contributed by atoms with Gasteiger partial charge in [0.1, 0.15) is 0 Å². The lowest BCUT2D eigenvalue weighted by atomic mass is 9.91. The Labute approximate surface area is 101 Å². The first-order valence-corrected chi connectivity index (χ1v) is 6.61. The van der Waals surface area contributed by atoms with E-state index < -0.39 is 0 Å². The number of piperidine rings is 1. The minimum atomic E-state index is 0.249. The normalized spacial score (nSPS) is 20.6. The number of rotatable bonds is 5. The molecule has 0 saturated carbocycles. The summed E-state index contributed by atoms with van der Waals surface area (Å²) in [6.45, 7) is 12.3. The summed E-state index contributed by atoms with van der Waals surface area (Å²) in [7, 11) is 2.22. The van der Waals surface area contributed by atoms with E-state index in [1.807, 2.05) is 0 Å². The van der Waals surface area contributed by atoms with Crippen LogP contribution in [0.4, 0.5) is 0 Å². The molecule has 1 aliphatic rings. The van der Waals surface area contributed by atoms with Crippen molar-refractivity contribution >= 4 is 0 Å². The molecular weight excluding hydrogens is 198 g/mol. The van der Waals surface area contributed by atoms with Gasteiger partial charge >= 0.3 is 0 Å². The molecule has 0 atom stereocenters. The maximum Gasteiger partial charge on any atom is 0.0120 e. The van der Waals surface area contributed by atoms with Gasteiger partial charge in [0.2, 0.25) is 0 Å². The van der Waals surface area contributed by atoms with Crippen molar-refractivity contribution in [2.75, 3.05) is 39.8 Å².